The van der Waals surface area contributed by atoms with Crippen molar-refractivity contribution in [2.24, 2.45) is 11.8 Å². The van der Waals surface area contributed by atoms with E-state index in [-0.39, 0.29) is 0 Å². The monoisotopic (exact) mass is 209 g/mol. The van der Waals surface area contributed by atoms with Crippen LogP contribution >= 0.6 is 11.5 Å². The summed E-state index contributed by atoms with van der Waals surface area (Å²) in [6.45, 7) is 0. The molecule has 1 aromatic rings. The van der Waals surface area contributed by atoms with Crippen molar-refractivity contribution in [2.75, 3.05) is 5.32 Å². The fourth-order valence-electron chi connectivity index (χ4n) is 2.97. The average molecular weight is 209 g/mol. The third-order valence-corrected chi connectivity index (χ3v) is 4.33. The molecule has 4 heteroatoms. The highest BCUT2D eigenvalue weighted by Crippen LogP contribution is 2.42. The Morgan fingerprint density at radius 2 is 2.14 bits per heavy atom. The smallest absolute Gasteiger partial charge is 0.130 e. The van der Waals surface area contributed by atoms with Gasteiger partial charge in [0.1, 0.15) is 5.00 Å². The number of rotatable bonds is 2. The molecule has 4 rings (SSSR count). The first-order valence-electron chi connectivity index (χ1n) is 5.46. The Bertz CT molecular complexity index is 290. The summed E-state index contributed by atoms with van der Waals surface area (Å²) in [5.74, 6) is 1.89. The molecule has 3 aliphatic carbocycles. The lowest BCUT2D eigenvalue weighted by atomic mass is 9.68. The second kappa shape index (κ2) is 3.50. The van der Waals surface area contributed by atoms with Gasteiger partial charge in [0, 0.05) is 17.6 Å². The molecular formula is C10H15N3S. The van der Waals surface area contributed by atoms with Gasteiger partial charge < -0.3 is 5.32 Å². The topological polar surface area (TPSA) is 37.8 Å². The molecule has 0 amide bonds. The highest BCUT2D eigenvalue weighted by Gasteiger charge is 2.35. The molecule has 1 heterocycles. The minimum Gasteiger partial charge on any atom is -0.371 e. The number of nitrogens with one attached hydrogen (secondary N) is 1. The van der Waals surface area contributed by atoms with Crippen LogP contribution in [0.15, 0.2) is 6.20 Å². The molecule has 3 aliphatic rings. The van der Waals surface area contributed by atoms with Crippen molar-refractivity contribution >= 4 is 16.5 Å². The van der Waals surface area contributed by atoms with Crippen molar-refractivity contribution in [3.05, 3.63) is 6.20 Å². The van der Waals surface area contributed by atoms with E-state index in [4.69, 9.17) is 0 Å². The Hall–Kier alpha value is -0.640. The van der Waals surface area contributed by atoms with Crippen LogP contribution in [0.3, 0.4) is 0 Å². The SMILES string of the molecule is c1nnsc1NC1CC2CCC1CC2. The summed E-state index contributed by atoms with van der Waals surface area (Å²) < 4.78 is 3.88. The van der Waals surface area contributed by atoms with Crippen molar-refractivity contribution in [1.29, 1.82) is 0 Å². The average Bonchev–Trinajstić information content (AvgIpc) is 2.72. The van der Waals surface area contributed by atoms with Crippen LogP contribution in [0.4, 0.5) is 5.00 Å². The van der Waals surface area contributed by atoms with Crippen molar-refractivity contribution in [2.45, 2.75) is 38.1 Å². The maximum absolute atomic E-state index is 3.88. The van der Waals surface area contributed by atoms with Gasteiger partial charge in [-0.1, -0.05) is 17.3 Å². The molecule has 3 saturated carbocycles. The zero-order valence-electron chi connectivity index (χ0n) is 8.15. The molecule has 0 aliphatic heterocycles. The molecule has 1 unspecified atom stereocenters. The van der Waals surface area contributed by atoms with Gasteiger partial charge in [0.15, 0.2) is 0 Å². The number of hydrogen-bond donors (Lipinski definition) is 1. The van der Waals surface area contributed by atoms with Crippen LogP contribution in [0.2, 0.25) is 0 Å². The second-order valence-corrected chi connectivity index (χ2v) is 5.33. The van der Waals surface area contributed by atoms with Crippen LogP contribution in [0, 0.1) is 11.8 Å². The summed E-state index contributed by atoms with van der Waals surface area (Å²) in [7, 11) is 0. The largest absolute Gasteiger partial charge is 0.371 e. The van der Waals surface area contributed by atoms with Gasteiger partial charge >= 0.3 is 0 Å². The van der Waals surface area contributed by atoms with Gasteiger partial charge in [0.2, 0.25) is 0 Å². The van der Waals surface area contributed by atoms with Gasteiger partial charge in [-0.3, -0.25) is 0 Å². The van der Waals surface area contributed by atoms with Gasteiger partial charge in [0.05, 0.1) is 6.20 Å². The van der Waals surface area contributed by atoms with E-state index in [1.165, 1.54) is 43.6 Å². The molecule has 0 spiro atoms. The summed E-state index contributed by atoms with van der Waals surface area (Å²) in [4.78, 5) is 0. The molecule has 0 aromatic carbocycles. The van der Waals surface area contributed by atoms with E-state index in [1.807, 2.05) is 6.20 Å². The normalized spacial score (nSPS) is 35.9. The Kier molecular flexibility index (Phi) is 2.16. The molecule has 1 atom stereocenters. The van der Waals surface area contributed by atoms with Gasteiger partial charge in [-0.05, 0) is 31.1 Å². The lowest BCUT2D eigenvalue weighted by Crippen LogP contribution is -2.39. The van der Waals surface area contributed by atoms with Crippen LogP contribution in [-0.4, -0.2) is 15.6 Å². The Morgan fingerprint density at radius 3 is 2.71 bits per heavy atom. The zero-order valence-corrected chi connectivity index (χ0v) is 8.96. The quantitative estimate of drug-likeness (QED) is 0.813. The zero-order chi connectivity index (χ0) is 9.38. The van der Waals surface area contributed by atoms with Gasteiger partial charge in [-0.25, -0.2) is 0 Å². The third kappa shape index (κ3) is 1.52. The van der Waals surface area contributed by atoms with Crippen LogP contribution in [0.5, 0.6) is 0 Å². The van der Waals surface area contributed by atoms with Gasteiger partial charge in [0.25, 0.3) is 0 Å². The van der Waals surface area contributed by atoms with Gasteiger partial charge in [-0.15, -0.1) is 5.10 Å². The highest BCUT2D eigenvalue weighted by molar-refractivity contribution is 7.09. The Labute approximate surface area is 88.1 Å². The van der Waals surface area contributed by atoms with E-state index in [1.54, 1.807) is 0 Å². The van der Waals surface area contributed by atoms with Crippen molar-refractivity contribution in [3.8, 4) is 0 Å². The molecule has 14 heavy (non-hydrogen) atoms. The van der Waals surface area contributed by atoms with E-state index in [9.17, 15) is 0 Å². The molecule has 0 saturated heterocycles. The standard InChI is InChI=1S/C10H15N3S/c1-3-8-4-2-7(1)5-9(8)12-10-6-11-13-14-10/h6-9,12H,1-5H2. The Balaban J connectivity index is 1.68. The summed E-state index contributed by atoms with van der Waals surface area (Å²) in [5, 5.41) is 8.58. The van der Waals surface area contributed by atoms with E-state index in [0.717, 1.165) is 16.8 Å². The first-order valence-corrected chi connectivity index (χ1v) is 6.23. The number of hydrogen-bond acceptors (Lipinski definition) is 4. The van der Waals surface area contributed by atoms with E-state index < -0.39 is 0 Å². The van der Waals surface area contributed by atoms with Crippen molar-refractivity contribution < 1.29 is 0 Å². The fourth-order valence-corrected chi connectivity index (χ4v) is 3.45. The lowest BCUT2D eigenvalue weighted by molar-refractivity contribution is 0.158. The first kappa shape index (κ1) is 8.65. The molecule has 3 fully saturated rings. The molecule has 76 valence electrons. The Morgan fingerprint density at radius 1 is 1.29 bits per heavy atom. The van der Waals surface area contributed by atoms with E-state index in [2.05, 4.69) is 14.9 Å². The predicted molar refractivity (Wildman–Crippen MR) is 57.4 cm³/mol. The van der Waals surface area contributed by atoms with E-state index in [0.29, 0.717) is 6.04 Å². The number of nitrogens with zero attached hydrogens (tertiary/aromatic N) is 2. The van der Waals surface area contributed by atoms with Crippen LogP contribution in [0.25, 0.3) is 0 Å². The first-order chi connectivity index (χ1) is 6.92. The molecule has 1 N–H and O–H groups in total. The maximum atomic E-state index is 3.88. The predicted octanol–water partition coefficient (Wildman–Crippen LogP) is 2.53. The summed E-state index contributed by atoms with van der Waals surface area (Å²) >= 11 is 1.47. The highest BCUT2D eigenvalue weighted by atomic mass is 32.1. The van der Waals surface area contributed by atoms with Gasteiger partial charge in [-0.2, -0.15) is 0 Å². The minimum atomic E-state index is 0.699. The fraction of sp³-hybridized carbons (Fsp3) is 0.800. The van der Waals surface area contributed by atoms with Crippen LogP contribution in [-0.2, 0) is 0 Å². The molecule has 1 aromatic heterocycles. The molecule has 0 radical (unpaired) electrons. The lowest BCUT2D eigenvalue weighted by Gasteiger charge is -2.42. The number of anilines is 1. The second-order valence-electron chi connectivity index (χ2n) is 4.55. The number of fused-ring (bicyclic) bond motifs is 3. The minimum absolute atomic E-state index is 0.699. The van der Waals surface area contributed by atoms with Crippen molar-refractivity contribution in [3.63, 3.8) is 0 Å². The molecule has 2 bridgehead atoms. The van der Waals surface area contributed by atoms with Crippen LogP contribution < -0.4 is 5.32 Å². The maximum Gasteiger partial charge on any atom is 0.130 e. The summed E-state index contributed by atoms with van der Waals surface area (Å²) in [5.41, 5.74) is 0. The summed E-state index contributed by atoms with van der Waals surface area (Å²) in [6, 6.07) is 0.699. The van der Waals surface area contributed by atoms with Crippen LogP contribution in [0.1, 0.15) is 32.1 Å². The van der Waals surface area contributed by atoms with E-state index >= 15 is 0 Å². The molecular weight excluding hydrogens is 194 g/mol. The van der Waals surface area contributed by atoms with Crippen molar-refractivity contribution in [1.82, 2.24) is 9.59 Å². The third-order valence-electron chi connectivity index (χ3n) is 3.74. The summed E-state index contributed by atoms with van der Waals surface area (Å²) in [6.07, 6.45) is 8.98. The molecule has 3 nitrogen and oxygen atoms in total. The number of aromatic nitrogens is 2.